The van der Waals surface area contributed by atoms with E-state index in [-0.39, 0.29) is 12.3 Å². The Hall–Kier alpha value is -1.21. The Bertz CT molecular complexity index is 545. The smallest absolute Gasteiger partial charge is 0.244 e. The fourth-order valence-electron chi connectivity index (χ4n) is 3.45. The van der Waals surface area contributed by atoms with E-state index in [0.29, 0.717) is 11.2 Å². The van der Waals surface area contributed by atoms with Crippen LogP contribution in [0.1, 0.15) is 36.4 Å². The van der Waals surface area contributed by atoms with Gasteiger partial charge >= 0.3 is 0 Å². The fourth-order valence-corrected chi connectivity index (χ4v) is 4.27. The summed E-state index contributed by atoms with van der Waals surface area (Å²) in [6.07, 6.45) is 5.48. The third-order valence-electron chi connectivity index (χ3n) is 4.38. The zero-order chi connectivity index (χ0) is 14.8. The molecule has 3 rings (SSSR count). The molecule has 1 aromatic heterocycles. The Morgan fingerprint density at radius 2 is 2.29 bits per heavy atom. The molecule has 5 nitrogen and oxygen atoms in total. The summed E-state index contributed by atoms with van der Waals surface area (Å²) in [7, 11) is 0. The standard InChI is InChI=1S/C14H20N4OS2/c1-8-15-11(7-21-8)6-13(19)17-18-14(20)16-12-5-9-2-3-10(12)4-9/h7,9-10,12H,2-6H2,1H3,(H,17,19)(H2,16,18,20)/t9-,10-,12+/m0/s1. The molecule has 2 saturated carbocycles. The Labute approximate surface area is 133 Å². The summed E-state index contributed by atoms with van der Waals surface area (Å²) in [6.45, 7) is 1.93. The van der Waals surface area contributed by atoms with E-state index in [9.17, 15) is 4.79 Å². The van der Waals surface area contributed by atoms with E-state index in [4.69, 9.17) is 12.2 Å². The third-order valence-corrected chi connectivity index (χ3v) is 5.42. The van der Waals surface area contributed by atoms with Crippen LogP contribution in [0.4, 0.5) is 0 Å². The first-order chi connectivity index (χ1) is 10.1. The van der Waals surface area contributed by atoms with E-state index in [1.807, 2.05) is 12.3 Å². The lowest BCUT2D eigenvalue weighted by Crippen LogP contribution is -2.51. The summed E-state index contributed by atoms with van der Waals surface area (Å²) in [4.78, 5) is 16.1. The Morgan fingerprint density at radius 3 is 2.90 bits per heavy atom. The molecule has 0 aliphatic heterocycles. The fraction of sp³-hybridized carbons (Fsp3) is 0.643. The van der Waals surface area contributed by atoms with Crippen LogP contribution in [0, 0.1) is 18.8 Å². The molecular formula is C14H20N4OS2. The van der Waals surface area contributed by atoms with Gasteiger partial charge in [-0.15, -0.1) is 11.3 Å². The zero-order valence-corrected chi connectivity index (χ0v) is 13.6. The number of hydrazine groups is 1. The lowest BCUT2D eigenvalue weighted by molar-refractivity contribution is -0.121. The van der Waals surface area contributed by atoms with Crippen LogP contribution < -0.4 is 16.2 Å². The number of thiocarbonyl (C=S) groups is 1. The molecule has 3 N–H and O–H groups in total. The molecular weight excluding hydrogens is 304 g/mol. The SMILES string of the molecule is Cc1nc(CC(=O)NNC(=S)N[C@@H]2C[C@H]3CC[C@H]2C3)cs1. The van der Waals surface area contributed by atoms with E-state index in [1.165, 1.54) is 25.7 Å². The molecule has 1 aromatic rings. The highest BCUT2D eigenvalue weighted by atomic mass is 32.1. The topological polar surface area (TPSA) is 66.0 Å². The molecule has 3 atom stereocenters. The van der Waals surface area contributed by atoms with Gasteiger partial charge in [0.25, 0.3) is 0 Å². The van der Waals surface area contributed by atoms with E-state index >= 15 is 0 Å². The number of carbonyl (C=O) groups is 1. The molecule has 0 unspecified atom stereocenters. The van der Waals surface area contributed by atoms with Crippen molar-refractivity contribution in [3.05, 3.63) is 16.1 Å². The van der Waals surface area contributed by atoms with Crippen LogP contribution in [0.15, 0.2) is 5.38 Å². The van der Waals surface area contributed by atoms with Crippen LogP contribution in [-0.4, -0.2) is 22.0 Å². The monoisotopic (exact) mass is 324 g/mol. The average Bonchev–Trinajstić information content (AvgIpc) is 3.14. The van der Waals surface area contributed by atoms with Crippen LogP contribution in [0.25, 0.3) is 0 Å². The number of amides is 1. The zero-order valence-electron chi connectivity index (χ0n) is 12.0. The summed E-state index contributed by atoms with van der Waals surface area (Å²) >= 11 is 6.79. The molecule has 114 valence electrons. The van der Waals surface area contributed by atoms with Gasteiger partial charge in [-0.1, -0.05) is 6.42 Å². The Morgan fingerprint density at radius 1 is 1.43 bits per heavy atom. The number of hydrogen-bond donors (Lipinski definition) is 3. The molecule has 7 heteroatoms. The highest BCUT2D eigenvalue weighted by Gasteiger charge is 2.39. The van der Waals surface area contributed by atoms with Gasteiger partial charge in [0.1, 0.15) is 0 Å². The number of carbonyl (C=O) groups excluding carboxylic acids is 1. The summed E-state index contributed by atoms with van der Waals surface area (Å²) in [5.74, 6) is 1.50. The van der Waals surface area contributed by atoms with Crippen LogP contribution in [0.5, 0.6) is 0 Å². The predicted molar refractivity (Wildman–Crippen MR) is 86.8 cm³/mol. The minimum absolute atomic E-state index is 0.127. The number of nitrogens with one attached hydrogen (secondary N) is 3. The number of hydrogen-bond acceptors (Lipinski definition) is 4. The van der Waals surface area contributed by atoms with Crippen molar-refractivity contribution < 1.29 is 4.79 Å². The van der Waals surface area contributed by atoms with Crippen LogP contribution in [-0.2, 0) is 11.2 Å². The lowest BCUT2D eigenvalue weighted by atomic mass is 9.96. The molecule has 0 saturated heterocycles. The molecule has 2 aliphatic rings. The Kier molecular flexibility index (Phi) is 4.40. The van der Waals surface area contributed by atoms with Crippen molar-refractivity contribution >= 4 is 34.6 Å². The second-order valence-electron chi connectivity index (χ2n) is 5.96. The second-order valence-corrected chi connectivity index (χ2v) is 7.43. The maximum absolute atomic E-state index is 11.8. The van der Waals surface area contributed by atoms with Crippen LogP contribution in [0.2, 0.25) is 0 Å². The largest absolute Gasteiger partial charge is 0.358 e. The quantitative estimate of drug-likeness (QED) is 0.583. The van der Waals surface area contributed by atoms with Crippen molar-refractivity contribution in [3.8, 4) is 0 Å². The first-order valence-electron chi connectivity index (χ1n) is 7.36. The maximum Gasteiger partial charge on any atom is 0.244 e. The van der Waals surface area contributed by atoms with E-state index in [0.717, 1.165) is 22.5 Å². The highest BCUT2D eigenvalue weighted by molar-refractivity contribution is 7.80. The Balaban J connectivity index is 1.38. The van der Waals surface area contributed by atoms with Crippen molar-refractivity contribution in [2.24, 2.45) is 11.8 Å². The molecule has 21 heavy (non-hydrogen) atoms. The van der Waals surface area contributed by atoms with E-state index < -0.39 is 0 Å². The first-order valence-corrected chi connectivity index (χ1v) is 8.65. The summed E-state index contributed by atoms with van der Waals surface area (Å²) in [6, 6.07) is 0.474. The second kappa shape index (κ2) is 6.27. The number of rotatable bonds is 3. The number of aromatic nitrogens is 1. The highest BCUT2D eigenvalue weighted by Crippen LogP contribution is 2.44. The number of nitrogens with zero attached hydrogens (tertiary/aromatic N) is 1. The summed E-state index contributed by atoms with van der Waals surface area (Å²) in [5.41, 5.74) is 6.22. The predicted octanol–water partition coefficient (Wildman–Crippen LogP) is 1.68. The average molecular weight is 324 g/mol. The minimum Gasteiger partial charge on any atom is -0.358 e. The molecule has 2 fully saturated rings. The van der Waals surface area contributed by atoms with Gasteiger partial charge in [-0.2, -0.15) is 0 Å². The molecule has 0 aromatic carbocycles. The van der Waals surface area contributed by atoms with Crippen molar-refractivity contribution in [3.63, 3.8) is 0 Å². The van der Waals surface area contributed by atoms with Crippen molar-refractivity contribution in [1.29, 1.82) is 0 Å². The van der Waals surface area contributed by atoms with Gasteiger partial charge < -0.3 is 5.32 Å². The molecule has 1 heterocycles. The normalized spacial score (nSPS) is 26.6. The van der Waals surface area contributed by atoms with Gasteiger partial charge in [-0.3, -0.25) is 15.6 Å². The molecule has 2 aliphatic carbocycles. The van der Waals surface area contributed by atoms with Crippen LogP contribution in [0.3, 0.4) is 0 Å². The molecule has 0 radical (unpaired) electrons. The number of thiazole rings is 1. The van der Waals surface area contributed by atoms with Crippen LogP contribution >= 0.6 is 23.6 Å². The van der Waals surface area contributed by atoms with E-state index in [1.54, 1.807) is 11.3 Å². The van der Waals surface area contributed by atoms with Gasteiger partial charge in [0, 0.05) is 11.4 Å². The van der Waals surface area contributed by atoms with Gasteiger partial charge in [0.2, 0.25) is 5.91 Å². The third kappa shape index (κ3) is 3.71. The van der Waals surface area contributed by atoms with Gasteiger partial charge in [0.05, 0.1) is 17.1 Å². The van der Waals surface area contributed by atoms with Gasteiger partial charge in [-0.05, 0) is 50.2 Å². The maximum atomic E-state index is 11.8. The summed E-state index contributed by atoms with van der Waals surface area (Å²) in [5, 5.41) is 6.71. The minimum atomic E-state index is -0.127. The van der Waals surface area contributed by atoms with Crippen molar-refractivity contribution in [2.75, 3.05) is 0 Å². The molecule has 2 bridgehead atoms. The molecule has 1 amide bonds. The van der Waals surface area contributed by atoms with E-state index in [2.05, 4.69) is 21.2 Å². The van der Waals surface area contributed by atoms with Crippen molar-refractivity contribution in [2.45, 2.75) is 45.1 Å². The first kappa shape index (κ1) is 14.7. The summed E-state index contributed by atoms with van der Waals surface area (Å²) < 4.78 is 0. The molecule has 0 spiro atoms. The van der Waals surface area contributed by atoms with Gasteiger partial charge in [0.15, 0.2) is 5.11 Å². The van der Waals surface area contributed by atoms with Crippen molar-refractivity contribution in [1.82, 2.24) is 21.2 Å². The lowest BCUT2D eigenvalue weighted by Gasteiger charge is -2.24. The number of fused-ring (bicyclic) bond motifs is 2. The van der Waals surface area contributed by atoms with Gasteiger partial charge in [-0.25, -0.2) is 4.98 Å². The number of aryl methyl sites for hydroxylation is 1.